The largest absolute Gasteiger partial charge is 0.443 e. The fraction of sp³-hybridized carbons (Fsp3) is 0.522. The van der Waals surface area contributed by atoms with Crippen molar-refractivity contribution in [2.75, 3.05) is 12.4 Å². The zero-order valence-corrected chi connectivity index (χ0v) is 19.1. The van der Waals surface area contributed by atoms with Gasteiger partial charge >= 0.3 is 6.09 Å². The molecule has 1 amide bonds. The van der Waals surface area contributed by atoms with E-state index < -0.39 is 24.3 Å². The molecule has 0 unspecified atom stereocenters. The number of carbonyl (C=O) groups is 1. The Labute approximate surface area is 200 Å². The molecule has 0 aliphatic heterocycles. The molecule has 0 saturated heterocycles. The molecule has 4 fully saturated rings. The summed E-state index contributed by atoms with van der Waals surface area (Å²) in [6, 6.07) is 5.32. The van der Waals surface area contributed by atoms with Crippen molar-refractivity contribution < 1.29 is 18.7 Å². The molecule has 12 heteroatoms. The lowest BCUT2D eigenvalue weighted by Crippen LogP contribution is -2.68. The Morgan fingerprint density at radius 3 is 2.89 bits per heavy atom. The number of H-pyrrole nitrogens is 1. The number of alkyl carbamates (subject to hydrolysis) is 1. The zero-order chi connectivity index (χ0) is 24.2. The first-order valence-electron chi connectivity index (χ1n) is 11.7. The van der Waals surface area contributed by atoms with Crippen LogP contribution < -0.4 is 10.6 Å². The van der Waals surface area contributed by atoms with Crippen molar-refractivity contribution in [1.29, 1.82) is 5.26 Å². The van der Waals surface area contributed by atoms with E-state index in [4.69, 9.17) is 9.47 Å². The van der Waals surface area contributed by atoms with Crippen LogP contribution in [0.5, 0.6) is 0 Å². The third-order valence-corrected chi connectivity index (χ3v) is 7.31. The van der Waals surface area contributed by atoms with Crippen LogP contribution in [0.3, 0.4) is 0 Å². The molecular formula is C23H25FN8O3. The Morgan fingerprint density at radius 1 is 1.34 bits per heavy atom. The first kappa shape index (κ1) is 21.8. The van der Waals surface area contributed by atoms with Gasteiger partial charge in [0.1, 0.15) is 29.7 Å². The number of nitrogens with zero attached hydrogens (tertiary/aromatic N) is 5. The molecule has 0 spiro atoms. The maximum atomic E-state index is 15.2. The van der Waals surface area contributed by atoms with Gasteiger partial charge in [-0.05, 0) is 38.0 Å². The molecule has 35 heavy (non-hydrogen) atoms. The summed E-state index contributed by atoms with van der Waals surface area (Å²) in [6.07, 6.45) is 3.10. The molecule has 3 aromatic heterocycles. The summed E-state index contributed by atoms with van der Waals surface area (Å²) in [6.45, 7) is 0.317. The van der Waals surface area contributed by atoms with Gasteiger partial charge in [0.15, 0.2) is 5.82 Å². The van der Waals surface area contributed by atoms with E-state index in [-0.39, 0.29) is 11.2 Å². The van der Waals surface area contributed by atoms with Crippen LogP contribution in [0.4, 0.5) is 21.0 Å². The highest BCUT2D eigenvalue weighted by Crippen LogP contribution is 2.57. The number of hydrogen-bond acceptors (Lipinski definition) is 8. The highest BCUT2D eigenvalue weighted by atomic mass is 19.1. The number of halogens is 1. The predicted octanol–water partition coefficient (Wildman–Crippen LogP) is 3.08. The Kier molecular flexibility index (Phi) is 5.10. The normalized spacial score (nSPS) is 28.7. The lowest BCUT2D eigenvalue weighted by Gasteiger charge is -2.61. The molecule has 4 aliphatic carbocycles. The van der Waals surface area contributed by atoms with Crippen molar-refractivity contribution in [2.24, 2.45) is 5.92 Å². The number of rotatable bonds is 7. The van der Waals surface area contributed by atoms with Crippen molar-refractivity contribution in [3.63, 3.8) is 0 Å². The highest BCUT2D eigenvalue weighted by molar-refractivity contribution is 5.69. The van der Waals surface area contributed by atoms with Crippen molar-refractivity contribution in [1.82, 2.24) is 29.9 Å². The van der Waals surface area contributed by atoms with E-state index in [1.165, 1.54) is 0 Å². The fourth-order valence-corrected chi connectivity index (χ4v) is 5.49. The first-order chi connectivity index (χ1) is 16.9. The second-order valence-corrected chi connectivity index (χ2v) is 9.76. The van der Waals surface area contributed by atoms with Gasteiger partial charge in [-0.1, -0.05) is 0 Å². The number of imidazole rings is 1. The monoisotopic (exact) mass is 480 g/mol. The van der Waals surface area contributed by atoms with Crippen LogP contribution in [0, 0.1) is 17.2 Å². The van der Waals surface area contributed by atoms with Crippen molar-refractivity contribution in [2.45, 2.75) is 62.4 Å². The van der Waals surface area contributed by atoms with Crippen LogP contribution in [-0.4, -0.2) is 55.6 Å². The molecule has 0 radical (unpaired) electrons. The van der Waals surface area contributed by atoms with Gasteiger partial charge in [-0.2, -0.15) is 10.4 Å². The highest BCUT2D eigenvalue weighted by Gasteiger charge is 2.58. The molecular weight excluding hydrogens is 455 g/mol. The summed E-state index contributed by atoms with van der Waals surface area (Å²) >= 11 is 0. The molecule has 3 atom stereocenters. The first-order valence-corrected chi connectivity index (χ1v) is 11.7. The van der Waals surface area contributed by atoms with Crippen LogP contribution in [0.15, 0.2) is 18.3 Å². The third-order valence-electron chi connectivity index (χ3n) is 7.31. The third kappa shape index (κ3) is 3.85. The van der Waals surface area contributed by atoms with Gasteiger partial charge in [-0.25, -0.2) is 19.2 Å². The Hall–Kier alpha value is -3.72. The molecule has 182 valence electrons. The molecule has 2 bridgehead atoms. The number of fused-ring (bicyclic) bond motifs is 1. The molecule has 11 nitrogen and oxygen atoms in total. The minimum absolute atomic E-state index is 0.0998. The van der Waals surface area contributed by atoms with E-state index >= 15 is 4.39 Å². The number of anilines is 2. The maximum Gasteiger partial charge on any atom is 0.407 e. The van der Waals surface area contributed by atoms with E-state index in [9.17, 15) is 10.1 Å². The molecule has 3 heterocycles. The quantitative estimate of drug-likeness (QED) is 0.468. The van der Waals surface area contributed by atoms with Crippen LogP contribution in [0.1, 0.15) is 55.1 Å². The SMILES string of the molecule is COCc1cn2c(Nc3cc([C@@H]4CC[C@H](OC(=O)NC56CC(C5)C6)[C@H]4F)[nH]n3)nc(C#N)cc2n1. The summed E-state index contributed by atoms with van der Waals surface area (Å²) in [4.78, 5) is 21.0. The lowest BCUT2D eigenvalue weighted by molar-refractivity contribution is -0.0532. The smallest absolute Gasteiger partial charge is 0.407 e. The number of nitrogens with one attached hydrogen (secondary N) is 3. The van der Waals surface area contributed by atoms with Crippen LogP contribution in [0.2, 0.25) is 0 Å². The molecule has 4 aliphatic rings. The Bertz CT molecular complexity index is 1310. The van der Waals surface area contributed by atoms with Gasteiger partial charge in [0.2, 0.25) is 5.95 Å². The lowest BCUT2D eigenvalue weighted by atomic mass is 9.50. The van der Waals surface area contributed by atoms with Crippen LogP contribution in [0.25, 0.3) is 5.65 Å². The summed E-state index contributed by atoms with van der Waals surface area (Å²) in [5, 5.41) is 22.5. The fourth-order valence-electron chi connectivity index (χ4n) is 5.49. The van der Waals surface area contributed by atoms with E-state index in [0.717, 1.165) is 25.2 Å². The van der Waals surface area contributed by atoms with Crippen molar-refractivity contribution in [3.8, 4) is 6.07 Å². The minimum atomic E-state index is -1.33. The topological polar surface area (TPSA) is 142 Å². The predicted molar refractivity (Wildman–Crippen MR) is 121 cm³/mol. The Balaban J connectivity index is 1.14. The minimum Gasteiger partial charge on any atom is -0.443 e. The second-order valence-electron chi connectivity index (χ2n) is 9.76. The van der Waals surface area contributed by atoms with Crippen molar-refractivity contribution >= 4 is 23.5 Å². The summed E-state index contributed by atoms with van der Waals surface area (Å²) in [5.74, 6) is 1.04. The van der Waals surface area contributed by atoms with Gasteiger partial charge in [-0.15, -0.1) is 0 Å². The number of ether oxygens (including phenoxy) is 2. The molecule has 4 saturated carbocycles. The number of alkyl halides is 1. The van der Waals surface area contributed by atoms with Gasteiger partial charge in [0, 0.05) is 42.6 Å². The van der Waals surface area contributed by atoms with Gasteiger partial charge in [0.25, 0.3) is 0 Å². The summed E-state index contributed by atoms with van der Waals surface area (Å²) in [7, 11) is 1.58. The van der Waals surface area contributed by atoms with E-state index in [0.29, 0.717) is 48.2 Å². The number of carbonyl (C=O) groups excluding carboxylic acids is 1. The zero-order valence-electron chi connectivity index (χ0n) is 19.1. The van der Waals surface area contributed by atoms with Gasteiger partial charge in [0.05, 0.1) is 12.3 Å². The standard InChI is InChI=1S/C23H25FN8O3/c1-34-11-14-10-32-19(26-14)4-13(9-25)27-21(32)28-18-5-16(30-31-18)15-2-3-17(20(15)24)35-22(33)29-23-6-12(7-23)8-23/h4-5,10,12,15,17,20H,2-3,6-8,11H2,1H3,(H,29,33)(H2,27,28,30,31)/t12?,15-,17-,20-,23?/m0/s1. The summed E-state index contributed by atoms with van der Waals surface area (Å²) < 4.78 is 27.5. The second kappa shape index (κ2) is 8.20. The molecule has 3 aromatic rings. The van der Waals surface area contributed by atoms with Gasteiger partial charge < -0.3 is 20.1 Å². The van der Waals surface area contributed by atoms with Crippen molar-refractivity contribution in [3.05, 3.63) is 35.4 Å². The number of methoxy groups -OCH3 is 1. The molecule has 0 aromatic carbocycles. The number of hydrogen-bond donors (Lipinski definition) is 3. The van der Waals surface area contributed by atoms with E-state index in [2.05, 4.69) is 30.8 Å². The molecule has 3 N–H and O–H groups in total. The number of aromatic nitrogens is 5. The summed E-state index contributed by atoms with van der Waals surface area (Å²) in [5.41, 5.74) is 1.92. The van der Waals surface area contributed by atoms with Gasteiger partial charge in [-0.3, -0.25) is 9.50 Å². The van der Waals surface area contributed by atoms with E-state index in [1.54, 1.807) is 29.8 Å². The molecule has 7 rings (SSSR count). The number of amides is 1. The Morgan fingerprint density at radius 2 is 2.17 bits per heavy atom. The number of nitriles is 1. The maximum absolute atomic E-state index is 15.2. The van der Waals surface area contributed by atoms with E-state index in [1.807, 2.05) is 6.07 Å². The number of aromatic amines is 1. The average Bonchev–Trinajstić information content (AvgIpc) is 3.49. The average molecular weight is 481 g/mol. The van der Waals surface area contributed by atoms with Crippen LogP contribution >= 0.6 is 0 Å². The van der Waals surface area contributed by atoms with Crippen LogP contribution in [-0.2, 0) is 16.1 Å².